The summed E-state index contributed by atoms with van der Waals surface area (Å²) in [6, 6.07) is 14.2. The zero-order valence-corrected chi connectivity index (χ0v) is 26.5. The molecule has 2 N–H and O–H groups in total. The molecule has 1 heterocycles. The van der Waals surface area contributed by atoms with Crippen LogP contribution in [0.25, 0.3) is 0 Å². The lowest BCUT2D eigenvalue weighted by Gasteiger charge is -2.29. The van der Waals surface area contributed by atoms with Gasteiger partial charge in [0.05, 0.1) is 12.1 Å². The molecule has 0 aromatic heterocycles. The molecule has 0 unspecified atom stereocenters. The predicted molar refractivity (Wildman–Crippen MR) is 171 cm³/mol. The molecule has 0 bridgehead atoms. The van der Waals surface area contributed by atoms with Gasteiger partial charge < -0.3 is 34.6 Å². The normalized spacial score (nSPS) is 16.6. The Kier molecular flexibility index (Phi) is 12.6. The van der Waals surface area contributed by atoms with Gasteiger partial charge in [-0.2, -0.15) is 0 Å². The van der Waals surface area contributed by atoms with Crippen LogP contribution in [0.5, 0.6) is 5.75 Å². The summed E-state index contributed by atoms with van der Waals surface area (Å²) in [4.78, 5) is 54.9. The minimum absolute atomic E-state index is 0.0503. The van der Waals surface area contributed by atoms with E-state index in [0.717, 1.165) is 5.56 Å². The molecule has 2 aromatic rings. The van der Waals surface area contributed by atoms with Gasteiger partial charge >= 0.3 is 12.2 Å². The van der Waals surface area contributed by atoms with E-state index in [1.165, 1.54) is 4.90 Å². The van der Waals surface area contributed by atoms with Crippen molar-refractivity contribution in [3.8, 4) is 5.75 Å². The molecule has 242 valence electrons. The minimum Gasteiger partial charge on any atom is -0.491 e. The number of benzene rings is 2. The topological polar surface area (TPSA) is 127 Å². The molecule has 3 atom stereocenters. The van der Waals surface area contributed by atoms with Crippen molar-refractivity contribution in [2.24, 2.45) is 0 Å². The molecule has 11 nitrogen and oxygen atoms in total. The molecule has 3 rings (SSSR count). The first-order chi connectivity index (χ1) is 21.4. The van der Waals surface area contributed by atoms with E-state index in [4.69, 9.17) is 14.2 Å². The number of nitrogens with one attached hydrogen (secondary N) is 2. The number of hydrogen-bond acceptors (Lipinski definition) is 7. The molecule has 1 fully saturated rings. The number of nitrogens with zero attached hydrogens (tertiary/aromatic N) is 2. The van der Waals surface area contributed by atoms with Crippen molar-refractivity contribution in [3.05, 3.63) is 91.0 Å². The molecule has 1 aliphatic heterocycles. The fraction of sp³-hybridized carbons (Fsp3) is 0.412. The number of likely N-dealkylation sites (tertiary alicyclic amines) is 1. The molecule has 1 saturated heterocycles. The Bertz CT molecular complexity index is 1340. The van der Waals surface area contributed by atoms with Gasteiger partial charge in [-0.1, -0.05) is 48.6 Å². The van der Waals surface area contributed by atoms with Crippen molar-refractivity contribution >= 4 is 24.0 Å². The number of rotatable bonds is 13. The van der Waals surface area contributed by atoms with Crippen LogP contribution in [0.15, 0.2) is 79.9 Å². The molecule has 0 radical (unpaired) electrons. The van der Waals surface area contributed by atoms with Crippen LogP contribution < -0.4 is 15.4 Å². The Hall–Kier alpha value is -4.80. The summed E-state index contributed by atoms with van der Waals surface area (Å²) in [6.07, 6.45) is 2.40. The molecule has 0 saturated carbocycles. The first-order valence-corrected chi connectivity index (χ1v) is 14.9. The quantitative estimate of drug-likeness (QED) is 0.311. The van der Waals surface area contributed by atoms with Crippen LogP contribution in [0.4, 0.5) is 9.59 Å². The van der Waals surface area contributed by atoms with Gasteiger partial charge in [0.25, 0.3) is 5.91 Å². The summed E-state index contributed by atoms with van der Waals surface area (Å²) >= 11 is 0. The van der Waals surface area contributed by atoms with Gasteiger partial charge in [-0.3, -0.25) is 9.59 Å². The highest BCUT2D eigenvalue weighted by Gasteiger charge is 2.40. The molecule has 2 aromatic carbocycles. The first-order valence-electron chi connectivity index (χ1n) is 14.9. The van der Waals surface area contributed by atoms with Gasteiger partial charge in [0.1, 0.15) is 30.6 Å². The number of hydrogen-bond donors (Lipinski definition) is 2. The molecule has 1 aliphatic rings. The maximum Gasteiger partial charge on any atom is 0.408 e. The number of alkyl carbamates (subject to hydrolysis) is 2. The fourth-order valence-corrected chi connectivity index (χ4v) is 4.83. The molecule has 4 amide bonds. The Labute approximate surface area is 265 Å². The van der Waals surface area contributed by atoms with Crippen LogP contribution in [0.2, 0.25) is 0 Å². The third kappa shape index (κ3) is 11.0. The zero-order valence-electron chi connectivity index (χ0n) is 26.5. The zero-order chi connectivity index (χ0) is 33.0. The van der Waals surface area contributed by atoms with Gasteiger partial charge in [0.2, 0.25) is 5.91 Å². The van der Waals surface area contributed by atoms with Gasteiger partial charge in [-0.05, 0) is 57.4 Å². The van der Waals surface area contributed by atoms with E-state index in [1.54, 1.807) is 69.1 Å². The number of ether oxygens (including phenoxy) is 3. The SMILES string of the molecule is C=CC[C@H](NC(=O)OCc1ccccc1)C(=O)N1C[C@@H](NC(=O)OC(C)(C)C)C[C@H]1COc1cccc(C(=O)N(C)CC=C)c1. The lowest BCUT2D eigenvalue weighted by atomic mass is 10.1. The average molecular weight is 621 g/mol. The Balaban J connectivity index is 1.74. The maximum absolute atomic E-state index is 13.9. The largest absolute Gasteiger partial charge is 0.491 e. The number of carbonyl (C=O) groups excluding carboxylic acids is 4. The summed E-state index contributed by atoms with van der Waals surface area (Å²) in [5.74, 6) is -0.102. The highest BCUT2D eigenvalue weighted by Crippen LogP contribution is 2.23. The highest BCUT2D eigenvalue weighted by atomic mass is 16.6. The standard InChI is InChI=1S/C34H44N4O7/c1-7-13-29(36-32(41)44-22-24-14-10-9-11-15-24)31(40)38-21-26(35-33(42)45-34(3,4)5)20-27(38)23-43-28-17-12-16-25(19-28)30(39)37(6)18-8-2/h7-12,14-17,19,26-27,29H,1-2,13,18,20-23H2,3-6H3,(H,35,42)(H,36,41)/t26-,27-,29-/m0/s1. The van der Waals surface area contributed by atoms with Crippen molar-refractivity contribution in [2.75, 3.05) is 26.7 Å². The third-order valence-corrected chi connectivity index (χ3v) is 6.90. The average Bonchev–Trinajstić information content (AvgIpc) is 3.40. The van der Waals surface area contributed by atoms with Crippen LogP contribution in [0.1, 0.15) is 49.5 Å². The third-order valence-electron chi connectivity index (χ3n) is 6.90. The fourth-order valence-electron chi connectivity index (χ4n) is 4.83. The number of likely N-dealkylation sites (N-methyl/N-ethyl adjacent to an activating group) is 1. The Morgan fingerprint density at radius 1 is 1.04 bits per heavy atom. The summed E-state index contributed by atoms with van der Waals surface area (Å²) < 4.78 is 16.8. The summed E-state index contributed by atoms with van der Waals surface area (Å²) in [5, 5.41) is 5.51. The smallest absolute Gasteiger partial charge is 0.408 e. The van der Waals surface area contributed by atoms with Gasteiger partial charge in [0, 0.05) is 25.7 Å². The Morgan fingerprint density at radius 2 is 1.78 bits per heavy atom. The lowest BCUT2D eigenvalue weighted by molar-refractivity contribution is -0.134. The number of amides is 4. The van der Waals surface area contributed by atoms with E-state index in [0.29, 0.717) is 24.3 Å². The van der Waals surface area contributed by atoms with Crippen molar-refractivity contribution in [1.82, 2.24) is 20.4 Å². The van der Waals surface area contributed by atoms with Crippen LogP contribution in [-0.4, -0.2) is 84.3 Å². The second-order valence-corrected chi connectivity index (χ2v) is 11.8. The van der Waals surface area contributed by atoms with Crippen LogP contribution >= 0.6 is 0 Å². The van der Waals surface area contributed by atoms with Crippen molar-refractivity contribution in [3.63, 3.8) is 0 Å². The molecule has 0 aliphatic carbocycles. The molecular weight excluding hydrogens is 576 g/mol. The summed E-state index contributed by atoms with van der Waals surface area (Å²) in [7, 11) is 1.68. The highest BCUT2D eigenvalue weighted by molar-refractivity contribution is 5.94. The van der Waals surface area contributed by atoms with E-state index in [9.17, 15) is 19.2 Å². The van der Waals surface area contributed by atoms with Crippen LogP contribution in [0.3, 0.4) is 0 Å². The van der Waals surface area contributed by atoms with Gasteiger partial charge in [0.15, 0.2) is 0 Å². The summed E-state index contributed by atoms with van der Waals surface area (Å²) in [6.45, 7) is 13.4. The minimum atomic E-state index is -0.949. The first kappa shape index (κ1) is 34.7. The molecule has 45 heavy (non-hydrogen) atoms. The Morgan fingerprint density at radius 3 is 2.44 bits per heavy atom. The monoisotopic (exact) mass is 620 g/mol. The second-order valence-electron chi connectivity index (χ2n) is 11.8. The summed E-state index contributed by atoms with van der Waals surface area (Å²) in [5.41, 5.74) is 0.567. The number of carbonyl (C=O) groups is 4. The molecule has 0 spiro atoms. The molecular formula is C34H44N4O7. The van der Waals surface area contributed by atoms with E-state index < -0.39 is 35.9 Å². The maximum atomic E-state index is 13.9. The van der Waals surface area contributed by atoms with Crippen molar-refractivity contribution in [1.29, 1.82) is 0 Å². The van der Waals surface area contributed by atoms with Crippen molar-refractivity contribution < 1.29 is 33.4 Å². The van der Waals surface area contributed by atoms with E-state index in [-0.39, 0.29) is 38.0 Å². The van der Waals surface area contributed by atoms with Crippen molar-refractivity contribution in [2.45, 2.75) is 63.9 Å². The lowest BCUT2D eigenvalue weighted by Crippen LogP contribution is -2.51. The van der Waals surface area contributed by atoms with E-state index in [2.05, 4.69) is 23.8 Å². The van der Waals surface area contributed by atoms with Crippen LogP contribution in [0, 0.1) is 0 Å². The van der Waals surface area contributed by atoms with Gasteiger partial charge in [-0.15, -0.1) is 13.2 Å². The van der Waals surface area contributed by atoms with Gasteiger partial charge in [-0.25, -0.2) is 9.59 Å². The molecule has 11 heteroatoms. The van der Waals surface area contributed by atoms with E-state index >= 15 is 0 Å². The second kappa shape index (κ2) is 16.3. The van der Waals surface area contributed by atoms with Crippen LogP contribution in [-0.2, 0) is 20.9 Å². The predicted octanol–water partition coefficient (Wildman–Crippen LogP) is 4.69. The van der Waals surface area contributed by atoms with E-state index in [1.807, 2.05) is 30.3 Å².